The summed E-state index contributed by atoms with van der Waals surface area (Å²) in [5, 5.41) is 3.26. The van der Waals surface area contributed by atoms with Crippen LogP contribution in [0.1, 0.15) is 12.1 Å². The molecule has 0 radical (unpaired) electrons. The molecule has 106 valence electrons. The molecule has 1 aromatic heterocycles. The van der Waals surface area contributed by atoms with Crippen LogP contribution in [0.25, 0.3) is 11.3 Å². The van der Waals surface area contributed by atoms with E-state index >= 15 is 0 Å². The number of rotatable bonds is 3. The molecule has 1 aliphatic rings. The van der Waals surface area contributed by atoms with E-state index in [-0.39, 0.29) is 5.82 Å². The van der Waals surface area contributed by atoms with Crippen LogP contribution in [0, 0.1) is 5.82 Å². The minimum Gasteiger partial charge on any atom is -0.356 e. The van der Waals surface area contributed by atoms with E-state index < -0.39 is 0 Å². The van der Waals surface area contributed by atoms with E-state index in [1.165, 1.54) is 6.07 Å². The first-order valence-electron chi connectivity index (χ1n) is 6.69. The predicted octanol–water partition coefficient (Wildman–Crippen LogP) is 2.77. The maximum absolute atomic E-state index is 14.1. The van der Waals surface area contributed by atoms with Gasteiger partial charge in [-0.3, -0.25) is 0 Å². The third kappa shape index (κ3) is 2.33. The summed E-state index contributed by atoms with van der Waals surface area (Å²) in [6.45, 7) is 2.33. The van der Waals surface area contributed by atoms with Gasteiger partial charge in [0.15, 0.2) is 0 Å². The number of aromatic nitrogens is 2. The Balaban J connectivity index is 2.17. The van der Waals surface area contributed by atoms with Gasteiger partial charge in [0.2, 0.25) is 5.95 Å². The van der Waals surface area contributed by atoms with Crippen LogP contribution in [-0.2, 0) is 13.0 Å². The molecule has 20 heavy (non-hydrogen) atoms. The van der Waals surface area contributed by atoms with Crippen molar-refractivity contribution in [1.29, 1.82) is 0 Å². The van der Waals surface area contributed by atoms with Gasteiger partial charge in [0, 0.05) is 35.2 Å². The molecule has 0 atom stereocenters. The van der Waals surface area contributed by atoms with Crippen molar-refractivity contribution in [2.75, 3.05) is 18.4 Å². The fourth-order valence-electron chi connectivity index (χ4n) is 2.58. The molecule has 2 heterocycles. The topological polar surface area (TPSA) is 55.9 Å². The van der Waals surface area contributed by atoms with Gasteiger partial charge < -0.3 is 15.6 Å². The molecule has 3 rings (SSSR count). The molecule has 0 bridgehead atoms. The number of nitrogens with zero attached hydrogens (tertiary/aromatic N) is 2. The summed E-state index contributed by atoms with van der Waals surface area (Å²) in [5.41, 5.74) is 7.92. The second-order valence-corrected chi connectivity index (χ2v) is 5.74. The lowest BCUT2D eigenvalue weighted by molar-refractivity contribution is 0.602. The molecule has 0 unspecified atom stereocenters. The normalized spacial score (nSPS) is 13.9. The van der Waals surface area contributed by atoms with Gasteiger partial charge in [-0.25, -0.2) is 9.37 Å². The first-order chi connectivity index (χ1) is 9.70. The summed E-state index contributed by atoms with van der Waals surface area (Å²) < 4.78 is 17.1. The maximum Gasteiger partial charge on any atom is 0.203 e. The van der Waals surface area contributed by atoms with Crippen molar-refractivity contribution in [2.45, 2.75) is 19.4 Å². The van der Waals surface area contributed by atoms with Gasteiger partial charge in [-0.05, 0) is 31.2 Å². The minimum absolute atomic E-state index is 0.262. The molecule has 0 fully saturated rings. The molecule has 4 nitrogen and oxygen atoms in total. The number of imidazole rings is 1. The Bertz CT molecular complexity index is 638. The lowest BCUT2D eigenvalue weighted by atomic mass is 10.1. The number of hydrogen-bond donors (Lipinski definition) is 2. The Morgan fingerprint density at radius 1 is 1.45 bits per heavy atom. The molecule has 0 spiro atoms. The van der Waals surface area contributed by atoms with Gasteiger partial charge in [-0.1, -0.05) is 15.9 Å². The number of halogens is 2. The van der Waals surface area contributed by atoms with E-state index in [0.29, 0.717) is 24.2 Å². The van der Waals surface area contributed by atoms with Crippen LogP contribution < -0.4 is 11.1 Å². The zero-order valence-corrected chi connectivity index (χ0v) is 12.6. The van der Waals surface area contributed by atoms with E-state index in [9.17, 15) is 4.39 Å². The third-order valence-electron chi connectivity index (χ3n) is 3.48. The van der Waals surface area contributed by atoms with E-state index in [2.05, 4.69) is 30.8 Å². The Hall–Kier alpha value is -1.40. The monoisotopic (exact) mass is 338 g/mol. The quantitative estimate of drug-likeness (QED) is 0.904. The smallest absolute Gasteiger partial charge is 0.203 e. The van der Waals surface area contributed by atoms with Crippen LogP contribution in [-0.4, -0.2) is 22.6 Å². The summed E-state index contributed by atoms with van der Waals surface area (Å²) in [5.74, 6) is 0.552. The zero-order valence-electron chi connectivity index (χ0n) is 11.0. The number of fused-ring (bicyclic) bond motifs is 1. The average Bonchev–Trinajstić information content (AvgIpc) is 2.81. The second-order valence-electron chi connectivity index (χ2n) is 4.83. The standard InChI is InChI=1S/C14H16BrFN4/c15-9-2-3-11(16)10(8-9)13-12(4-5-17)20-7-1-6-18-14(20)19-13/h2-3,8H,1,4-7,17H2,(H,18,19). The maximum atomic E-state index is 14.1. The molecule has 3 N–H and O–H groups in total. The van der Waals surface area contributed by atoms with Gasteiger partial charge in [0.05, 0.1) is 5.69 Å². The van der Waals surface area contributed by atoms with E-state index in [0.717, 1.165) is 35.6 Å². The van der Waals surface area contributed by atoms with Crippen molar-refractivity contribution in [3.05, 3.63) is 34.2 Å². The fraction of sp³-hybridized carbons (Fsp3) is 0.357. The van der Waals surface area contributed by atoms with Crippen LogP contribution >= 0.6 is 15.9 Å². The van der Waals surface area contributed by atoms with Crippen molar-refractivity contribution in [3.8, 4) is 11.3 Å². The third-order valence-corrected chi connectivity index (χ3v) is 3.97. The van der Waals surface area contributed by atoms with Crippen LogP contribution in [0.5, 0.6) is 0 Å². The minimum atomic E-state index is -0.262. The molecule has 1 aromatic carbocycles. The highest BCUT2D eigenvalue weighted by Crippen LogP contribution is 2.32. The molecular weight excluding hydrogens is 323 g/mol. The van der Waals surface area contributed by atoms with Crippen molar-refractivity contribution in [2.24, 2.45) is 5.73 Å². The van der Waals surface area contributed by atoms with Gasteiger partial charge in [-0.2, -0.15) is 0 Å². The number of hydrogen-bond acceptors (Lipinski definition) is 3. The molecule has 0 amide bonds. The van der Waals surface area contributed by atoms with Gasteiger partial charge in [0.25, 0.3) is 0 Å². The molecular formula is C14H16BrFN4. The lowest BCUT2D eigenvalue weighted by Crippen LogP contribution is -2.19. The zero-order chi connectivity index (χ0) is 14.1. The highest BCUT2D eigenvalue weighted by Gasteiger charge is 2.21. The van der Waals surface area contributed by atoms with E-state index in [1.807, 2.05) is 0 Å². The number of anilines is 1. The molecule has 6 heteroatoms. The molecule has 0 saturated carbocycles. The lowest BCUT2D eigenvalue weighted by Gasteiger charge is -2.17. The van der Waals surface area contributed by atoms with E-state index in [1.54, 1.807) is 12.1 Å². The Morgan fingerprint density at radius 3 is 3.10 bits per heavy atom. The van der Waals surface area contributed by atoms with Crippen molar-refractivity contribution in [1.82, 2.24) is 9.55 Å². The number of benzene rings is 1. The average molecular weight is 339 g/mol. The van der Waals surface area contributed by atoms with Gasteiger partial charge in [0.1, 0.15) is 5.82 Å². The number of nitrogens with two attached hydrogens (primary N) is 1. The Morgan fingerprint density at radius 2 is 2.30 bits per heavy atom. The highest BCUT2D eigenvalue weighted by atomic mass is 79.9. The highest BCUT2D eigenvalue weighted by molar-refractivity contribution is 9.10. The summed E-state index contributed by atoms with van der Waals surface area (Å²) in [7, 11) is 0. The van der Waals surface area contributed by atoms with Gasteiger partial charge in [-0.15, -0.1) is 0 Å². The molecule has 0 saturated heterocycles. The van der Waals surface area contributed by atoms with E-state index in [4.69, 9.17) is 5.73 Å². The fourth-order valence-corrected chi connectivity index (χ4v) is 2.95. The summed E-state index contributed by atoms with van der Waals surface area (Å²) in [4.78, 5) is 4.58. The first kappa shape index (κ1) is 13.6. The first-order valence-corrected chi connectivity index (χ1v) is 7.49. The largest absolute Gasteiger partial charge is 0.356 e. The summed E-state index contributed by atoms with van der Waals surface area (Å²) in [6.07, 6.45) is 1.73. The molecule has 0 aliphatic carbocycles. The van der Waals surface area contributed by atoms with Crippen molar-refractivity contribution in [3.63, 3.8) is 0 Å². The molecule has 2 aromatic rings. The Labute approximate surface area is 125 Å². The van der Waals surface area contributed by atoms with Crippen LogP contribution in [0.15, 0.2) is 22.7 Å². The SMILES string of the molecule is NCCc1c(-c2cc(Br)ccc2F)nc2n1CCCN2. The molecule has 1 aliphatic heterocycles. The summed E-state index contributed by atoms with van der Waals surface area (Å²) >= 11 is 3.39. The van der Waals surface area contributed by atoms with Crippen LogP contribution in [0.3, 0.4) is 0 Å². The number of nitrogens with one attached hydrogen (secondary N) is 1. The van der Waals surface area contributed by atoms with Crippen LogP contribution in [0.2, 0.25) is 0 Å². The second kappa shape index (κ2) is 5.54. The summed E-state index contributed by atoms with van der Waals surface area (Å²) in [6, 6.07) is 4.91. The Kier molecular flexibility index (Phi) is 3.76. The van der Waals surface area contributed by atoms with Crippen molar-refractivity contribution >= 4 is 21.9 Å². The predicted molar refractivity (Wildman–Crippen MR) is 81.2 cm³/mol. The van der Waals surface area contributed by atoms with Crippen molar-refractivity contribution < 1.29 is 4.39 Å². The van der Waals surface area contributed by atoms with Crippen LogP contribution in [0.4, 0.5) is 10.3 Å². The van der Waals surface area contributed by atoms with Gasteiger partial charge >= 0.3 is 0 Å².